The molecule has 0 unspecified atom stereocenters. The zero-order valence-electron chi connectivity index (χ0n) is 8.86. The van der Waals surface area contributed by atoms with Crippen molar-refractivity contribution in [2.24, 2.45) is 0 Å². The van der Waals surface area contributed by atoms with Gasteiger partial charge in [0.15, 0.2) is 5.75 Å². The molecule has 0 spiro atoms. The molecule has 1 aliphatic carbocycles. The second-order valence-corrected chi connectivity index (χ2v) is 5.63. The van der Waals surface area contributed by atoms with Gasteiger partial charge in [0, 0.05) is 12.1 Å². The third-order valence-electron chi connectivity index (χ3n) is 2.74. The fourth-order valence-electron chi connectivity index (χ4n) is 1.88. The summed E-state index contributed by atoms with van der Waals surface area (Å²) in [6.45, 7) is 0. The quantitative estimate of drug-likeness (QED) is 0.711. The molecule has 0 aromatic carbocycles. The van der Waals surface area contributed by atoms with Crippen molar-refractivity contribution >= 4 is 10.0 Å². The Balaban J connectivity index is 2.39. The van der Waals surface area contributed by atoms with Gasteiger partial charge in [-0.05, 0) is 32.7 Å². The van der Waals surface area contributed by atoms with Crippen LogP contribution in [0.1, 0.15) is 25.7 Å². The molecule has 15 heavy (non-hydrogen) atoms. The van der Waals surface area contributed by atoms with Gasteiger partial charge in [-0.2, -0.15) is 5.26 Å². The number of rotatable bonds is 4. The predicted octanol–water partition coefficient (Wildman–Crippen LogP) is -0.0400. The number of hydrogen-bond donors (Lipinski definition) is 2. The summed E-state index contributed by atoms with van der Waals surface area (Å²) in [5.41, 5.74) is 0. The Morgan fingerprint density at radius 3 is 2.27 bits per heavy atom. The molecule has 0 heterocycles. The third-order valence-corrected chi connectivity index (χ3v) is 3.94. The standard InChI is InChI=1S/C9H17N3O2S/c1-11-8-2-4-9(5-3-8)12-15(13,14)7-6-10/h8-9,11-12H,2-5,7H2,1H3. The van der Waals surface area contributed by atoms with Crippen molar-refractivity contribution in [3.8, 4) is 6.07 Å². The molecule has 1 fully saturated rings. The molecule has 0 bridgehead atoms. The third kappa shape index (κ3) is 4.16. The first-order chi connectivity index (χ1) is 7.07. The van der Waals surface area contributed by atoms with Crippen LogP contribution in [0, 0.1) is 11.3 Å². The molecular weight excluding hydrogens is 214 g/mol. The largest absolute Gasteiger partial charge is 0.317 e. The average molecular weight is 231 g/mol. The summed E-state index contributed by atoms with van der Waals surface area (Å²) in [6.07, 6.45) is 3.65. The predicted molar refractivity (Wildman–Crippen MR) is 57.6 cm³/mol. The summed E-state index contributed by atoms with van der Waals surface area (Å²) in [6, 6.07) is 2.16. The Morgan fingerprint density at radius 1 is 1.27 bits per heavy atom. The van der Waals surface area contributed by atoms with Crippen LogP contribution in [0.3, 0.4) is 0 Å². The molecule has 0 radical (unpaired) electrons. The maximum absolute atomic E-state index is 11.3. The molecule has 0 saturated heterocycles. The topological polar surface area (TPSA) is 82.0 Å². The van der Waals surface area contributed by atoms with Gasteiger partial charge >= 0.3 is 0 Å². The lowest BCUT2D eigenvalue weighted by molar-refractivity contribution is 0.343. The maximum atomic E-state index is 11.3. The molecule has 0 atom stereocenters. The van der Waals surface area contributed by atoms with Crippen LogP contribution in [0.5, 0.6) is 0 Å². The molecule has 1 rings (SSSR count). The van der Waals surface area contributed by atoms with E-state index in [4.69, 9.17) is 5.26 Å². The van der Waals surface area contributed by atoms with E-state index in [2.05, 4.69) is 10.0 Å². The molecule has 1 saturated carbocycles. The van der Waals surface area contributed by atoms with E-state index >= 15 is 0 Å². The second kappa shape index (κ2) is 5.45. The van der Waals surface area contributed by atoms with Gasteiger partial charge in [-0.3, -0.25) is 0 Å². The molecule has 86 valence electrons. The zero-order chi connectivity index (χ0) is 11.3. The number of hydrogen-bond acceptors (Lipinski definition) is 4. The second-order valence-electron chi connectivity index (χ2n) is 3.87. The van der Waals surface area contributed by atoms with Crippen molar-refractivity contribution in [2.45, 2.75) is 37.8 Å². The van der Waals surface area contributed by atoms with Gasteiger partial charge in [-0.25, -0.2) is 13.1 Å². The molecule has 5 nitrogen and oxygen atoms in total. The molecule has 2 N–H and O–H groups in total. The van der Waals surface area contributed by atoms with E-state index in [1.165, 1.54) is 0 Å². The summed E-state index contributed by atoms with van der Waals surface area (Å²) in [7, 11) is -1.47. The summed E-state index contributed by atoms with van der Waals surface area (Å²) in [5.74, 6) is -0.445. The van der Waals surface area contributed by atoms with E-state index < -0.39 is 15.8 Å². The van der Waals surface area contributed by atoms with Gasteiger partial charge in [0.05, 0.1) is 6.07 Å². The maximum Gasteiger partial charge on any atom is 0.225 e. The Bertz CT molecular complexity index is 326. The average Bonchev–Trinajstić information content (AvgIpc) is 2.18. The lowest BCUT2D eigenvalue weighted by Gasteiger charge is -2.28. The first kappa shape index (κ1) is 12.4. The first-order valence-electron chi connectivity index (χ1n) is 5.11. The highest BCUT2D eigenvalue weighted by Crippen LogP contribution is 2.18. The van der Waals surface area contributed by atoms with Crippen LogP contribution in [0.25, 0.3) is 0 Å². The number of nitriles is 1. The van der Waals surface area contributed by atoms with Crippen molar-refractivity contribution in [3.05, 3.63) is 0 Å². The van der Waals surface area contributed by atoms with Crippen LogP contribution < -0.4 is 10.0 Å². The Morgan fingerprint density at radius 2 is 1.80 bits per heavy atom. The lowest BCUT2D eigenvalue weighted by Crippen LogP contribution is -2.41. The molecule has 6 heteroatoms. The summed E-state index contributed by atoms with van der Waals surface area (Å²) < 4.78 is 25.2. The minimum Gasteiger partial charge on any atom is -0.317 e. The molecule has 0 aliphatic heterocycles. The summed E-state index contributed by atoms with van der Waals surface area (Å²) in [4.78, 5) is 0. The van der Waals surface area contributed by atoms with Crippen LogP contribution in [-0.4, -0.2) is 33.3 Å². The van der Waals surface area contributed by atoms with Crippen LogP contribution in [0.15, 0.2) is 0 Å². The fourth-order valence-corrected chi connectivity index (χ4v) is 2.88. The minimum absolute atomic E-state index is 0.00736. The SMILES string of the molecule is CNC1CCC(NS(=O)(=O)CC#N)CC1. The van der Waals surface area contributed by atoms with Gasteiger partial charge in [0.1, 0.15) is 0 Å². The van der Waals surface area contributed by atoms with E-state index in [0.29, 0.717) is 6.04 Å². The van der Waals surface area contributed by atoms with E-state index in [-0.39, 0.29) is 6.04 Å². The van der Waals surface area contributed by atoms with Crippen molar-refractivity contribution in [2.75, 3.05) is 12.8 Å². The van der Waals surface area contributed by atoms with E-state index in [9.17, 15) is 8.42 Å². The van der Waals surface area contributed by atoms with Gasteiger partial charge < -0.3 is 5.32 Å². The van der Waals surface area contributed by atoms with Crippen molar-refractivity contribution in [1.82, 2.24) is 10.0 Å². The monoisotopic (exact) mass is 231 g/mol. The normalized spacial score (nSPS) is 27.2. The Hall–Kier alpha value is -0.640. The van der Waals surface area contributed by atoms with E-state index in [1.807, 2.05) is 7.05 Å². The molecule has 0 aromatic rings. The van der Waals surface area contributed by atoms with Crippen LogP contribution in [-0.2, 0) is 10.0 Å². The molecule has 1 aliphatic rings. The van der Waals surface area contributed by atoms with Gasteiger partial charge in [0.2, 0.25) is 10.0 Å². The van der Waals surface area contributed by atoms with Crippen molar-refractivity contribution in [1.29, 1.82) is 5.26 Å². The molecular formula is C9H17N3O2S. The number of nitrogens with zero attached hydrogens (tertiary/aromatic N) is 1. The lowest BCUT2D eigenvalue weighted by atomic mass is 9.92. The highest BCUT2D eigenvalue weighted by molar-refractivity contribution is 7.89. The molecule has 0 amide bonds. The van der Waals surface area contributed by atoms with E-state index in [1.54, 1.807) is 6.07 Å². The highest BCUT2D eigenvalue weighted by atomic mass is 32.2. The van der Waals surface area contributed by atoms with Crippen molar-refractivity contribution in [3.63, 3.8) is 0 Å². The number of sulfonamides is 1. The first-order valence-corrected chi connectivity index (χ1v) is 6.77. The Kier molecular flexibility index (Phi) is 4.51. The van der Waals surface area contributed by atoms with Gasteiger partial charge in [-0.15, -0.1) is 0 Å². The van der Waals surface area contributed by atoms with Crippen LogP contribution >= 0.6 is 0 Å². The Labute approximate surface area is 90.9 Å². The van der Waals surface area contributed by atoms with Crippen molar-refractivity contribution < 1.29 is 8.42 Å². The smallest absolute Gasteiger partial charge is 0.225 e. The fraction of sp³-hybridized carbons (Fsp3) is 0.889. The minimum atomic E-state index is -3.39. The molecule has 0 aromatic heterocycles. The van der Waals surface area contributed by atoms with Crippen LogP contribution in [0.2, 0.25) is 0 Å². The number of nitrogens with one attached hydrogen (secondary N) is 2. The van der Waals surface area contributed by atoms with Crippen LogP contribution in [0.4, 0.5) is 0 Å². The zero-order valence-corrected chi connectivity index (χ0v) is 9.68. The highest BCUT2D eigenvalue weighted by Gasteiger charge is 2.23. The van der Waals surface area contributed by atoms with Gasteiger partial charge in [0.25, 0.3) is 0 Å². The van der Waals surface area contributed by atoms with E-state index in [0.717, 1.165) is 25.7 Å². The summed E-state index contributed by atoms with van der Waals surface area (Å²) in [5, 5.41) is 11.5. The van der Waals surface area contributed by atoms with Gasteiger partial charge in [-0.1, -0.05) is 0 Å². The summed E-state index contributed by atoms with van der Waals surface area (Å²) >= 11 is 0.